The lowest BCUT2D eigenvalue weighted by atomic mass is 9.98. The van der Waals surface area contributed by atoms with Crippen LogP contribution in [0.15, 0.2) is 53.4 Å². The van der Waals surface area contributed by atoms with Crippen LogP contribution in [-0.4, -0.2) is 51.9 Å². The number of sulfonamides is 1. The fourth-order valence-corrected chi connectivity index (χ4v) is 6.32. The van der Waals surface area contributed by atoms with Gasteiger partial charge in [0, 0.05) is 23.5 Å². The van der Waals surface area contributed by atoms with E-state index in [-0.39, 0.29) is 17.3 Å². The number of thiophene rings is 1. The number of fused-ring (bicyclic) bond motifs is 1. The van der Waals surface area contributed by atoms with Gasteiger partial charge in [0.05, 0.1) is 25.0 Å². The summed E-state index contributed by atoms with van der Waals surface area (Å²) in [6.45, 7) is 0.489. The van der Waals surface area contributed by atoms with Gasteiger partial charge in [0.1, 0.15) is 10.6 Å². The van der Waals surface area contributed by atoms with Crippen molar-refractivity contribution in [1.82, 2.24) is 4.31 Å². The Hall–Kier alpha value is -2.95. The minimum Gasteiger partial charge on any atom is -0.497 e. The number of hydrogen-bond donors (Lipinski definition) is 1. The Balaban J connectivity index is 1.46. The van der Waals surface area contributed by atoms with Crippen molar-refractivity contribution in [2.45, 2.75) is 17.7 Å². The summed E-state index contributed by atoms with van der Waals surface area (Å²) in [5.74, 6) is -0.517. The molecule has 1 N–H and O–H groups in total. The first-order chi connectivity index (χ1) is 15.8. The lowest BCUT2D eigenvalue weighted by molar-refractivity contribution is -0.120. The molecule has 0 bridgehead atoms. The number of ether oxygens (including phenoxy) is 2. The largest absolute Gasteiger partial charge is 0.497 e. The van der Waals surface area contributed by atoms with Gasteiger partial charge >= 0.3 is 5.97 Å². The molecule has 2 aromatic carbocycles. The molecule has 1 aliphatic heterocycles. The summed E-state index contributed by atoms with van der Waals surface area (Å²) in [6.07, 6.45) is 1.20. The second kappa shape index (κ2) is 9.50. The van der Waals surface area contributed by atoms with E-state index in [0.717, 1.165) is 10.1 Å². The van der Waals surface area contributed by atoms with Crippen LogP contribution in [0.3, 0.4) is 0 Å². The van der Waals surface area contributed by atoms with E-state index in [1.165, 1.54) is 42.0 Å². The molecule has 8 nitrogen and oxygen atoms in total. The van der Waals surface area contributed by atoms with Gasteiger partial charge in [-0.05, 0) is 66.8 Å². The number of nitrogens with one attached hydrogen (secondary N) is 1. The first kappa shape index (κ1) is 23.2. The second-order valence-electron chi connectivity index (χ2n) is 7.72. The summed E-state index contributed by atoms with van der Waals surface area (Å²) in [6, 6.07) is 13.4. The van der Waals surface area contributed by atoms with E-state index in [2.05, 4.69) is 5.32 Å². The van der Waals surface area contributed by atoms with Crippen molar-refractivity contribution in [2.24, 2.45) is 5.92 Å². The van der Waals surface area contributed by atoms with Crippen LogP contribution in [0.2, 0.25) is 0 Å². The normalized spacial score (nSPS) is 17.0. The molecule has 2 heterocycles. The van der Waals surface area contributed by atoms with Gasteiger partial charge in [0.15, 0.2) is 0 Å². The van der Waals surface area contributed by atoms with Gasteiger partial charge in [-0.2, -0.15) is 4.31 Å². The average molecular weight is 489 g/mol. The zero-order valence-corrected chi connectivity index (χ0v) is 19.9. The van der Waals surface area contributed by atoms with Crippen LogP contribution in [0, 0.1) is 5.92 Å². The third-order valence-electron chi connectivity index (χ3n) is 5.62. The molecule has 174 valence electrons. The van der Waals surface area contributed by atoms with Gasteiger partial charge in [-0.3, -0.25) is 4.79 Å². The molecule has 0 saturated carbocycles. The van der Waals surface area contributed by atoms with Crippen molar-refractivity contribution in [3.05, 3.63) is 53.4 Å². The third kappa shape index (κ3) is 4.87. The van der Waals surface area contributed by atoms with Crippen molar-refractivity contribution in [3.63, 3.8) is 0 Å². The van der Waals surface area contributed by atoms with E-state index in [9.17, 15) is 18.0 Å². The fraction of sp³-hybridized carbons (Fsp3) is 0.304. The number of hydrogen-bond acceptors (Lipinski definition) is 7. The number of nitrogens with zero attached hydrogens (tertiary/aromatic N) is 1. The number of methoxy groups -OCH3 is 2. The number of carbonyl (C=O) groups is 2. The van der Waals surface area contributed by atoms with Gasteiger partial charge in [-0.15, -0.1) is 11.3 Å². The summed E-state index contributed by atoms with van der Waals surface area (Å²) >= 11 is 1.32. The van der Waals surface area contributed by atoms with Gasteiger partial charge in [-0.25, -0.2) is 13.2 Å². The van der Waals surface area contributed by atoms with Crippen LogP contribution in [0.1, 0.15) is 22.5 Å². The number of anilines is 1. The van der Waals surface area contributed by atoms with E-state index in [1.807, 2.05) is 6.07 Å². The summed E-state index contributed by atoms with van der Waals surface area (Å²) < 4.78 is 38.2. The predicted octanol–water partition coefficient (Wildman–Crippen LogP) is 3.74. The highest BCUT2D eigenvalue weighted by molar-refractivity contribution is 7.89. The van der Waals surface area contributed by atoms with Gasteiger partial charge in [0.2, 0.25) is 15.9 Å². The molecule has 10 heteroatoms. The van der Waals surface area contributed by atoms with Crippen molar-refractivity contribution in [1.29, 1.82) is 0 Å². The van der Waals surface area contributed by atoms with Crippen molar-refractivity contribution in [2.75, 3.05) is 32.6 Å². The number of esters is 1. The Morgan fingerprint density at radius 1 is 1.09 bits per heavy atom. The molecular weight excluding hydrogens is 464 g/mol. The molecule has 0 aliphatic carbocycles. The van der Waals surface area contributed by atoms with E-state index in [1.54, 1.807) is 30.3 Å². The standard InChI is InChI=1S/C23H24N2O6S2/c1-30-18-6-8-19(9-7-18)33(28,29)25-11-3-4-15(14-25)22(26)24-17-5-10-20-16(12-17)13-21(32-20)23(27)31-2/h5-10,12-13,15H,3-4,11,14H2,1-2H3,(H,24,26)/t15-/m0/s1. The van der Waals surface area contributed by atoms with Crippen LogP contribution >= 0.6 is 11.3 Å². The number of carbonyl (C=O) groups excluding carboxylic acids is 2. The number of benzene rings is 2. The molecular formula is C23H24N2O6S2. The Labute approximate surface area is 196 Å². The highest BCUT2D eigenvalue weighted by atomic mass is 32.2. The maximum absolute atomic E-state index is 13.1. The number of piperidine rings is 1. The summed E-state index contributed by atoms with van der Waals surface area (Å²) in [5.41, 5.74) is 0.594. The maximum Gasteiger partial charge on any atom is 0.348 e. The topological polar surface area (TPSA) is 102 Å². The summed E-state index contributed by atoms with van der Waals surface area (Å²) in [5, 5.41) is 3.72. The van der Waals surface area contributed by atoms with Crippen LogP contribution in [0.4, 0.5) is 5.69 Å². The second-order valence-corrected chi connectivity index (χ2v) is 10.7. The molecule has 33 heavy (non-hydrogen) atoms. The zero-order valence-electron chi connectivity index (χ0n) is 18.2. The van der Waals surface area contributed by atoms with E-state index < -0.39 is 21.9 Å². The van der Waals surface area contributed by atoms with Crippen LogP contribution < -0.4 is 10.1 Å². The predicted molar refractivity (Wildman–Crippen MR) is 126 cm³/mol. The highest BCUT2D eigenvalue weighted by Gasteiger charge is 2.33. The van der Waals surface area contributed by atoms with Crippen LogP contribution in [0.5, 0.6) is 5.75 Å². The minimum absolute atomic E-state index is 0.118. The van der Waals surface area contributed by atoms with Crippen LogP contribution in [0.25, 0.3) is 10.1 Å². The molecule has 1 amide bonds. The van der Waals surface area contributed by atoms with Crippen molar-refractivity contribution < 1.29 is 27.5 Å². The minimum atomic E-state index is -3.71. The maximum atomic E-state index is 13.1. The molecule has 0 radical (unpaired) electrons. The smallest absolute Gasteiger partial charge is 0.348 e. The molecule has 3 aromatic rings. The van der Waals surface area contributed by atoms with E-state index in [0.29, 0.717) is 35.7 Å². The molecule has 0 unspecified atom stereocenters. The molecule has 1 fully saturated rings. The van der Waals surface area contributed by atoms with E-state index >= 15 is 0 Å². The van der Waals surface area contributed by atoms with Gasteiger partial charge < -0.3 is 14.8 Å². The van der Waals surface area contributed by atoms with Gasteiger partial charge in [-0.1, -0.05) is 0 Å². The molecule has 1 aromatic heterocycles. The third-order valence-corrected chi connectivity index (χ3v) is 8.60. The molecule has 1 aliphatic rings. The Morgan fingerprint density at radius 3 is 2.55 bits per heavy atom. The SMILES string of the molecule is COC(=O)c1cc2cc(NC(=O)[C@H]3CCCN(S(=O)(=O)c4ccc(OC)cc4)C3)ccc2s1. The van der Waals surface area contributed by atoms with Gasteiger partial charge in [0.25, 0.3) is 0 Å². The lowest BCUT2D eigenvalue weighted by Gasteiger charge is -2.31. The average Bonchev–Trinajstić information content (AvgIpc) is 3.27. The summed E-state index contributed by atoms with van der Waals surface area (Å²) in [4.78, 5) is 25.4. The van der Waals surface area contributed by atoms with E-state index in [4.69, 9.17) is 9.47 Å². The lowest BCUT2D eigenvalue weighted by Crippen LogP contribution is -2.43. The molecule has 4 rings (SSSR count). The Kier molecular flexibility index (Phi) is 6.68. The Morgan fingerprint density at radius 2 is 1.85 bits per heavy atom. The molecule has 1 atom stereocenters. The first-order valence-electron chi connectivity index (χ1n) is 10.4. The highest BCUT2D eigenvalue weighted by Crippen LogP contribution is 2.30. The van der Waals surface area contributed by atoms with Crippen molar-refractivity contribution in [3.8, 4) is 5.75 Å². The zero-order chi connectivity index (χ0) is 23.6. The number of amides is 1. The first-order valence-corrected chi connectivity index (χ1v) is 12.6. The monoisotopic (exact) mass is 488 g/mol. The molecule has 1 saturated heterocycles. The summed E-state index contributed by atoms with van der Waals surface area (Å²) in [7, 11) is -0.854. The van der Waals surface area contributed by atoms with Crippen molar-refractivity contribution >= 4 is 49.0 Å². The quantitative estimate of drug-likeness (QED) is 0.531. The fourth-order valence-electron chi connectivity index (χ4n) is 3.84. The Bertz CT molecular complexity index is 1280. The number of rotatable bonds is 6. The van der Waals surface area contributed by atoms with Crippen LogP contribution in [-0.2, 0) is 19.6 Å². The molecule has 0 spiro atoms.